The Morgan fingerprint density at radius 2 is 1.57 bits per heavy atom. The summed E-state index contributed by atoms with van der Waals surface area (Å²) >= 11 is 0. The van der Waals surface area contributed by atoms with Crippen molar-refractivity contribution in [3.8, 4) is 0 Å². The molecule has 0 unspecified atom stereocenters. The van der Waals surface area contributed by atoms with Crippen LogP contribution in [0.25, 0.3) is 0 Å². The largest absolute Gasteiger partial charge is 0.243 e. The molecule has 0 aliphatic carbocycles. The maximum absolute atomic E-state index is 13.2. The van der Waals surface area contributed by atoms with E-state index in [9.17, 15) is 17.2 Å². The first kappa shape index (κ1) is 14.2. The Kier molecular flexibility index (Phi) is 3.51. The molecule has 110 valence electrons. The van der Waals surface area contributed by atoms with Crippen molar-refractivity contribution in [1.29, 1.82) is 0 Å². The van der Waals surface area contributed by atoms with Crippen LogP contribution in [-0.2, 0) is 23.0 Å². The predicted octanol–water partition coefficient (Wildman–Crippen LogP) is 2.71. The minimum atomic E-state index is -3.90. The van der Waals surface area contributed by atoms with Gasteiger partial charge in [-0.25, -0.2) is 17.2 Å². The normalized spacial score (nSPS) is 15.7. The summed E-state index contributed by atoms with van der Waals surface area (Å²) in [4.78, 5) is -0.348. The molecule has 2 aromatic carbocycles. The van der Waals surface area contributed by atoms with Crippen LogP contribution in [0, 0.1) is 11.6 Å². The summed E-state index contributed by atoms with van der Waals surface area (Å²) in [7, 11) is -3.90. The molecule has 0 radical (unpaired) electrons. The summed E-state index contributed by atoms with van der Waals surface area (Å²) in [6.07, 6.45) is 0.590. The molecule has 0 N–H and O–H groups in total. The first-order valence-electron chi connectivity index (χ1n) is 6.50. The van der Waals surface area contributed by atoms with Crippen molar-refractivity contribution in [3.63, 3.8) is 0 Å². The van der Waals surface area contributed by atoms with Crippen molar-refractivity contribution < 1.29 is 17.2 Å². The monoisotopic (exact) mass is 309 g/mol. The lowest BCUT2D eigenvalue weighted by Gasteiger charge is -2.28. The van der Waals surface area contributed by atoms with Gasteiger partial charge in [-0.15, -0.1) is 0 Å². The second-order valence-electron chi connectivity index (χ2n) is 4.96. The minimum Gasteiger partial charge on any atom is -0.207 e. The van der Waals surface area contributed by atoms with Crippen LogP contribution in [0.1, 0.15) is 11.1 Å². The highest BCUT2D eigenvalue weighted by atomic mass is 32.2. The summed E-state index contributed by atoms with van der Waals surface area (Å²) in [5.41, 5.74) is 2.03. The van der Waals surface area contributed by atoms with Crippen molar-refractivity contribution in [2.75, 3.05) is 6.54 Å². The van der Waals surface area contributed by atoms with Gasteiger partial charge in [-0.1, -0.05) is 24.3 Å². The van der Waals surface area contributed by atoms with Crippen molar-refractivity contribution in [2.24, 2.45) is 0 Å². The molecule has 6 heteroatoms. The van der Waals surface area contributed by atoms with Crippen LogP contribution < -0.4 is 0 Å². The van der Waals surface area contributed by atoms with E-state index in [0.29, 0.717) is 19.0 Å². The van der Waals surface area contributed by atoms with Crippen LogP contribution >= 0.6 is 0 Å². The molecule has 0 bridgehead atoms. The molecule has 21 heavy (non-hydrogen) atoms. The second kappa shape index (κ2) is 5.20. The fraction of sp³-hybridized carbons (Fsp3) is 0.200. The molecule has 1 aliphatic heterocycles. The molecule has 0 fully saturated rings. The summed E-state index contributed by atoms with van der Waals surface area (Å²) in [6, 6.07) is 9.93. The van der Waals surface area contributed by atoms with E-state index in [1.165, 1.54) is 4.31 Å². The molecule has 1 aliphatic rings. The van der Waals surface area contributed by atoms with Crippen LogP contribution in [0.3, 0.4) is 0 Å². The molecule has 3 rings (SSSR count). The molecule has 2 aromatic rings. The van der Waals surface area contributed by atoms with E-state index in [4.69, 9.17) is 0 Å². The summed E-state index contributed by atoms with van der Waals surface area (Å²) in [5, 5.41) is 0. The first-order valence-corrected chi connectivity index (χ1v) is 7.94. The predicted molar refractivity (Wildman–Crippen MR) is 74.1 cm³/mol. The van der Waals surface area contributed by atoms with Crippen LogP contribution in [0.5, 0.6) is 0 Å². The maximum atomic E-state index is 13.2. The lowest BCUT2D eigenvalue weighted by atomic mass is 10.0. The molecule has 0 atom stereocenters. The van der Waals surface area contributed by atoms with Gasteiger partial charge in [0.15, 0.2) is 0 Å². The highest BCUT2D eigenvalue weighted by Gasteiger charge is 2.28. The number of hydrogen-bond donors (Lipinski definition) is 0. The smallest absolute Gasteiger partial charge is 0.207 e. The fourth-order valence-electron chi connectivity index (χ4n) is 2.50. The third-order valence-electron chi connectivity index (χ3n) is 3.57. The van der Waals surface area contributed by atoms with Gasteiger partial charge >= 0.3 is 0 Å². The van der Waals surface area contributed by atoms with E-state index >= 15 is 0 Å². The number of nitrogens with zero attached hydrogens (tertiary/aromatic N) is 1. The highest BCUT2D eigenvalue weighted by Crippen LogP contribution is 2.25. The van der Waals surface area contributed by atoms with Gasteiger partial charge in [0.05, 0.1) is 4.90 Å². The van der Waals surface area contributed by atoms with Gasteiger partial charge in [-0.05, 0) is 29.7 Å². The van der Waals surface area contributed by atoms with Crippen molar-refractivity contribution >= 4 is 10.0 Å². The van der Waals surface area contributed by atoms with E-state index in [1.54, 1.807) is 0 Å². The van der Waals surface area contributed by atoms with Gasteiger partial charge < -0.3 is 0 Å². The average Bonchev–Trinajstić information content (AvgIpc) is 2.45. The first-order chi connectivity index (χ1) is 9.96. The maximum Gasteiger partial charge on any atom is 0.243 e. The zero-order chi connectivity index (χ0) is 15.0. The fourth-order valence-corrected chi connectivity index (χ4v) is 3.96. The molecule has 0 saturated heterocycles. The average molecular weight is 309 g/mol. The quantitative estimate of drug-likeness (QED) is 0.855. The highest BCUT2D eigenvalue weighted by molar-refractivity contribution is 7.89. The number of rotatable bonds is 2. The summed E-state index contributed by atoms with van der Waals surface area (Å²) < 4.78 is 52.7. The third kappa shape index (κ3) is 2.69. The molecule has 0 amide bonds. The molecule has 3 nitrogen and oxygen atoms in total. The standard InChI is InChI=1S/C15H13F2NO2S/c16-13-7-14(17)9-15(8-13)21(19,20)18-6-5-11-3-1-2-4-12(11)10-18/h1-4,7-9H,5-6,10H2. The molecular formula is C15H13F2NO2S. The van der Waals surface area contributed by atoms with E-state index in [2.05, 4.69) is 0 Å². The van der Waals surface area contributed by atoms with Crippen LogP contribution in [-0.4, -0.2) is 19.3 Å². The van der Waals surface area contributed by atoms with Crippen LogP contribution in [0.4, 0.5) is 8.78 Å². The van der Waals surface area contributed by atoms with Gasteiger partial charge in [0, 0.05) is 19.2 Å². The number of benzene rings is 2. The Morgan fingerprint density at radius 3 is 2.24 bits per heavy atom. The summed E-state index contributed by atoms with van der Waals surface area (Å²) in [5.74, 6) is -1.79. The topological polar surface area (TPSA) is 37.4 Å². The van der Waals surface area contributed by atoms with Gasteiger partial charge in [-0.3, -0.25) is 0 Å². The molecule has 0 saturated carbocycles. The Morgan fingerprint density at radius 1 is 0.952 bits per heavy atom. The van der Waals surface area contributed by atoms with Gasteiger partial charge in [-0.2, -0.15) is 4.31 Å². The number of fused-ring (bicyclic) bond motifs is 1. The lowest BCUT2D eigenvalue weighted by Crippen LogP contribution is -2.36. The Balaban J connectivity index is 1.97. The van der Waals surface area contributed by atoms with Crippen LogP contribution in [0.2, 0.25) is 0 Å². The minimum absolute atomic E-state index is 0.219. The molecule has 0 spiro atoms. The number of sulfonamides is 1. The molecule has 0 aromatic heterocycles. The van der Waals surface area contributed by atoms with E-state index in [0.717, 1.165) is 23.3 Å². The summed E-state index contributed by atoms with van der Waals surface area (Å²) in [6.45, 7) is 0.522. The SMILES string of the molecule is O=S(=O)(c1cc(F)cc(F)c1)N1CCc2ccccc2C1. The Hall–Kier alpha value is -1.79. The number of halogens is 2. The molecule has 1 heterocycles. The van der Waals surface area contributed by atoms with Gasteiger partial charge in [0.1, 0.15) is 11.6 Å². The Labute approximate surface area is 121 Å². The lowest BCUT2D eigenvalue weighted by molar-refractivity contribution is 0.390. The van der Waals surface area contributed by atoms with Crippen LogP contribution in [0.15, 0.2) is 47.4 Å². The number of hydrogen-bond acceptors (Lipinski definition) is 2. The zero-order valence-electron chi connectivity index (χ0n) is 11.1. The third-order valence-corrected chi connectivity index (χ3v) is 5.39. The second-order valence-corrected chi connectivity index (χ2v) is 6.90. The van der Waals surface area contributed by atoms with E-state index < -0.39 is 21.7 Å². The van der Waals surface area contributed by atoms with E-state index in [-0.39, 0.29) is 11.4 Å². The van der Waals surface area contributed by atoms with Crippen molar-refractivity contribution in [1.82, 2.24) is 4.31 Å². The van der Waals surface area contributed by atoms with E-state index in [1.807, 2.05) is 24.3 Å². The van der Waals surface area contributed by atoms with Gasteiger partial charge in [0.25, 0.3) is 0 Å². The van der Waals surface area contributed by atoms with Gasteiger partial charge in [0.2, 0.25) is 10.0 Å². The zero-order valence-corrected chi connectivity index (χ0v) is 11.9. The Bertz CT molecular complexity index is 770. The molecular weight excluding hydrogens is 296 g/mol. The van der Waals surface area contributed by atoms with Crippen molar-refractivity contribution in [2.45, 2.75) is 17.9 Å². The van der Waals surface area contributed by atoms with Crippen molar-refractivity contribution in [3.05, 3.63) is 65.2 Å².